The minimum absolute atomic E-state index is 0.0227. The van der Waals surface area contributed by atoms with Gasteiger partial charge in [0.2, 0.25) is 5.91 Å². The number of hydrazine groups is 1. The van der Waals surface area contributed by atoms with E-state index in [0.29, 0.717) is 44.0 Å². The number of fused-ring (bicyclic) bond motifs is 6. The van der Waals surface area contributed by atoms with Crippen LogP contribution in [0.1, 0.15) is 94.7 Å². The molecule has 15 nitrogen and oxygen atoms in total. The Labute approximate surface area is 417 Å². The van der Waals surface area contributed by atoms with Crippen molar-refractivity contribution in [3.05, 3.63) is 125 Å². The maximum atomic E-state index is 14.7. The van der Waals surface area contributed by atoms with Crippen LogP contribution in [0.25, 0.3) is 33.5 Å². The smallest absolute Gasteiger partial charge is 0.324 e. The average molecular weight is 964 g/mol. The predicted octanol–water partition coefficient (Wildman–Crippen LogP) is 7.64. The number of aryl methyl sites for hydroxylation is 2. The molecule has 2 saturated heterocycles. The Bertz CT molecular complexity index is 2800. The van der Waals surface area contributed by atoms with E-state index in [9.17, 15) is 14.4 Å². The lowest BCUT2D eigenvalue weighted by Crippen LogP contribution is -2.61. The monoisotopic (exact) mass is 964 g/mol. The number of hydrogen-bond donors (Lipinski definition) is 2. The topological polar surface area (TPSA) is 158 Å². The molecule has 3 aromatic heterocycles. The molecule has 6 bridgehead atoms. The highest BCUT2D eigenvalue weighted by Crippen LogP contribution is 2.42. The molecule has 374 valence electrons. The first-order valence-corrected chi connectivity index (χ1v) is 25.3. The Hall–Kier alpha value is -6.26. The molecule has 2 amide bonds. The van der Waals surface area contributed by atoms with Gasteiger partial charge in [-0.25, -0.2) is 15.1 Å². The second-order valence-corrected chi connectivity index (χ2v) is 20.6. The van der Waals surface area contributed by atoms with Gasteiger partial charge in [0.25, 0.3) is 5.91 Å². The largest absolute Gasteiger partial charge is 0.464 e. The van der Waals surface area contributed by atoms with Gasteiger partial charge in [-0.05, 0) is 86.1 Å². The van der Waals surface area contributed by atoms with E-state index in [4.69, 9.17) is 29.3 Å². The summed E-state index contributed by atoms with van der Waals surface area (Å²) < 4.78 is 22.6. The van der Waals surface area contributed by atoms with Crippen LogP contribution in [0.4, 0.5) is 0 Å². The van der Waals surface area contributed by atoms with E-state index < -0.39 is 29.4 Å². The van der Waals surface area contributed by atoms with Crippen molar-refractivity contribution in [1.29, 1.82) is 0 Å². The Kier molecular flexibility index (Phi) is 14.9. The van der Waals surface area contributed by atoms with Gasteiger partial charge in [-0.15, -0.1) is 0 Å². The molecule has 3 aromatic carbocycles. The number of methoxy groups -OCH3 is 1. The van der Waals surface area contributed by atoms with Gasteiger partial charge in [0, 0.05) is 80.4 Å². The molecular weight excluding hydrogens is 895 g/mol. The van der Waals surface area contributed by atoms with Crippen LogP contribution in [0.5, 0.6) is 0 Å². The zero-order valence-corrected chi connectivity index (χ0v) is 42.4. The van der Waals surface area contributed by atoms with Crippen LogP contribution >= 0.6 is 0 Å². The standard InChI is InChI=1S/C56H69N9O6/c1-9-64-47-25-24-39-28-42(47)43(51(64)41-22-16-26-57-49(41)36(4)69-8)30-56(5,6)34-71-55(68)45-23-17-27-65(60-45)54(67)46(29-48-59-52(39)62(7)61-48)58-53(66)44(35(2)3)33-70-40-31-63(32-40)50(37-18-12-10-13-19-37)38-20-14-11-15-21-38/h10-16,18-22,24-26,28,35-36,40,44-46,50,60H,9,17,23,27,29-34H2,1-8H3,(H,58,66)/t36-,44-,45-,46-/m0/s1. The number of nitrogens with zero attached hydrogens (tertiary/aromatic N) is 7. The SMILES string of the molecule is CCn1c(-c2cccnc2[C@H](C)OC)c2c3cc(ccc31)-c1nc(nn1C)C[C@H](NC(=O)[C@@H](COC1CN(C(c3ccccc3)c3ccccc3)C1)C(C)C)C(=O)N1CCC[C@H](N1)C(=O)OCC(C)(C)C2. The maximum absolute atomic E-state index is 14.7. The van der Waals surface area contributed by atoms with Gasteiger partial charge in [-0.2, -0.15) is 5.10 Å². The second-order valence-electron chi connectivity index (χ2n) is 20.6. The third-order valence-electron chi connectivity index (χ3n) is 14.5. The second kappa shape index (κ2) is 21.2. The summed E-state index contributed by atoms with van der Waals surface area (Å²) in [6.07, 6.45) is 3.15. The Balaban J connectivity index is 1.01. The summed E-state index contributed by atoms with van der Waals surface area (Å²) in [5.74, 6) is -0.709. The van der Waals surface area contributed by atoms with Crippen LogP contribution in [0.3, 0.4) is 0 Å². The van der Waals surface area contributed by atoms with E-state index in [1.54, 1.807) is 18.0 Å². The van der Waals surface area contributed by atoms with E-state index in [2.05, 4.69) is 114 Å². The number of carbonyl (C=O) groups excluding carboxylic acids is 3. The highest BCUT2D eigenvalue weighted by Gasteiger charge is 2.39. The number of amides is 2. The number of nitrogens with one attached hydrogen (secondary N) is 2. The van der Waals surface area contributed by atoms with E-state index in [1.165, 1.54) is 16.1 Å². The summed E-state index contributed by atoms with van der Waals surface area (Å²) in [4.78, 5) is 55.5. The van der Waals surface area contributed by atoms with E-state index in [0.717, 1.165) is 52.1 Å². The van der Waals surface area contributed by atoms with Crippen molar-refractivity contribution in [3.8, 4) is 22.6 Å². The van der Waals surface area contributed by atoms with Gasteiger partial charge in [0.05, 0.1) is 48.8 Å². The molecule has 3 aliphatic rings. The fourth-order valence-corrected chi connectivity index (χ4v) is 10.5. The number of aromatic nitrogens is 5. The number of carbonyl (C=O) groups is 3. The lowest BCUT2D eigenvalue weighted by Gasteiger charge is -2.45. The molecule has 71 heavy (non-hydrogen) atoms. The molecule has 4 atom stereocenters. The van der Waals surface area contributed by atoms with Gasteiger partial charge >= 0.3 is 5.97 Å². The third kappa shape index (κ3) is 10.6. The first-order chi connectivity index (χ1) is 34.2. The molecule has 2 fully saturated rings. The fraction of sp³-hybridized carbons (Fsp3) is 0.464. The first kappa shape index (κ1) is 49.7. The molecule has 3 aliphatic heterocycles. The highest BCUT2D eigenvalue weighted by molar-refractivity contribution is 5.95. The van der Waals surface area contributed by atoms with Crippen LogP contribution in [0, 0.1) is 17.3 Å². The van der Waals surface area contributed by atoms with Crippen molar-refractivity contribution < 1.29 is 28.6 Å². The number of hydrogen-bond acceptors (Lipinski definition) is 11. The lowest BCUT2D eigenvalue weighted by atomic mass is 9.84. The number of benzene rings is 3. The summed E-state index contributed by atoms with van der Waals surface area (Å²) in [6, 6.07) is 29.7. The average Bonchev–Trinajstić information content (AvgIpc) is 3.89. The van der Waals surface area contributed by atoms with Gasteiger partial charge < -0.3 is 24.1 Å². The Morgan fingerprint density at radius 1 is 0.972 bits per heavy atom. The molecule has 6 heterocycles. The fourth-order valence-electron chi connectivity index (χ4n) is 10.5. The molecule has 9 rings (SSSR count). The minimum atomic E-state index is -1.05. The van der Waals surface area contributed by atoms with Crippen LogP contribution in [0.15, 0.2) is 97.2 Å². The normalized spacial score (nSPS) is 19.9. The molecule has 6 aromatic rings. The molecule has 0 spiro atoms. The number of ether oxygens (including phenoxy) is 3. The number of esters is 1. The maximum Gasteiger partial charge on any atom is 0.324 e. The zero-order chi connectivity index (χ0) is 50.0. The number of likely N-dealkylation sites (tertiary alicyclic amines) is 1. The number of pyridine rings is 1. The minimum Gasteiger partial charge on any atom is -0.464 e. The van der Waals surface area contributed by atoms with Crippen molar-refractivity contribution >= 4 is 28.7 Å². The summed E-state index contributed by atoms with van der Waals surface area (Å²) >= 11 is 0. The number of cyclic esters (lactones) is 1. The quantitative estimate of drug-likeness (QED) is 0.110. The van der Waals surface area contributed by atoms with E-state index in [-0.39, 0.29) is 55.6 Å². The van der Waals surface area contributed by atoms with Gasteiger partial charge in [0.1, 0.15) is 12.1 Å². The summed E-state index contributed by atoms with van der Waals surface area (Å²) in [5, 5.41) is 10.5. The number of rotatable bonds is 13. The van der Waals surface area contributed by atoms with Crippen LogP contribution in [-0.4, -0.2) is 110 Å². The first-order valence-electron chi connectivity index (χ1n) is 25.3. The highest BCUT2D eigenvalue weighted by atomic mass is 16.5. The van der Waals surface area contributed by atoms with Gasteiger partial charge in [-0.1, -0.05) is 88.4 Å². The Morgan fingerprint density at radius 3 is 2.37 bits per heavy atom. The molecule has 15 heteroatoms. The van der Waals surface area contributed by atoms with Crippen molar-refractivity contribution in [2.45, 2.75) is 104 Å². The van der Waals surface area contributed by atoms with E-state index in [1.807, 2.05) is 46.0 Å². The zero-order valence-electron chi connectivity index (χ0n) is 42.4. The van der Waals surface area contributed by atoms with Crippen molar-refractivity contribution in [2.75, 3.05) is 40.0 Å². The van der Waals surface area contributed by atoms with Crippen molar-refractivity contribution in [1.82, 2.24) is 45.0 Å². The predicted molar refractivity (Wildman–Crippen MR) is 273 cm³/mol. The van der Waals surface area contributed by atoms with E-state index >= 15 is 0 Å². The molecule has 0 aliphatic carbocycles. The molecular formula is C56H69N9O6. The molecule has 0 unspecified atom stereocenters. The van der Waals surface area contributed by atoms with Crippen LogP contribution < -0.4 is 10.7 Å². The summed E-state index contributed by atoms with van der Waals surface area (Å²) in [5.41, 5.74) is 11.0. The van der Waals surface area contributed by atoms with Gasteiger partial charge in [0.15, 0.2) is 11.6 Å². The lowest BCUT2D eigenvalue weighted by molar-refractivity contribution is -0.155. The van der Waals surface area contributed by atoms with Crippen LogP contribution in [-0.2, 0) is 55.0 Å². The molecule has 2 N–H and O–H groups in total. The van der Waals surface area contributed by atoms with Gasteiger partial charge in [-0.3, -0.25) is 29.3 Å². The third-order valence-corrected chi connectivity index (χ3v) is 14.5. The summed E-state index contributed by atoms with van der Waals surface area (Å²) in [7, 11) is 3.55. The van der Waals surface area contributed by atoms with Crippen molar-refractivity contribution in [3.63, 3.8) is 0 Å². The van der Waals surface area contributed by atoms with Crippen LogP contribution in [0.2, 0.25) is 0 Å². The molecule has 0 radical (unpaired) electrons. The summed E-state index contributed by atoms with van der Waals surface area (Å²) in [6.45, 7) is 15.2. The molecule has 0 saturated carbocycles. The van der Waals surface area contributed by atoms with Crippen molar-refractivity contribution in [2.24, 2.45) is 24.3 Å². The Morgan fingerprint density at radius 2 is 1.69 bits per heavy atom.